The summed E-state index contributed by atoms with van der Waals surface area (Å²) in [6.45, 7) is 14.1. The second-order valence-corrected chi connectivity index (χ2v) is 9.94. The number of rotatable bonds is 5. The van der Waals surface area contributed by atoms with Crippen molar-refractivity contribution in [2.24, 2.45) is 5.41 Å². The zero-order valence-electron chi connectivity index (χ0n) is 19.5. The number of aryl methyl sites for hydroxylation is 1. The number of aromatic nitrogens is 3. The summed E-state index contributed by atoms with van der Waals surface area (Å²) >= 11 is 0. The third kappa shape index (κ3) is 4.14. The monoisotopic (exact) mass is 431 g/mol. The summed E-state index contributed by atoms with van der Waals surface area (Å²) in [7, 11) is 0. The normalized spacial score (nSPS) is 16.2. The third-order valence-corrected chi connectivity index (χ3v) is 6.67. The molecule has 2 aromatic heterocycles. The van der Waals surface area contributed by atoms with Gasteiger partial charge < -0.3 is 15.2 Å². The van der Waals surface area contributed by atoms with Crippen molar-refractivity contribution in [3.05, 3.63) is 60.6 Å². The fourth-order valence-electron chi connectivity index (χ4n) is 4.61. The molecule has 0 saturated carbocycles. The maximum atomic E-state index is 13.5. The molecule has 0 bridgehead atoms. The minimum atomic E-state index is -0.463. The van der Waals surface area contributed by atoms with Crippen LogP contribution < -0.4 is 10.2 Å². The van der Waals surface area contributed by atoms with E-state index in [0.717, 1.165) is 54.0 Å². The maximum absolute atomic E-state index is 13.5. The molecule has 1 aromatic carbocycles. The van der Waals surface area contributed by atoms with Gasteiger partial charge in [-0.1, -0.05) is 39.0 Å². The van der Waals surface area contributed by atoms with Gasteiger partial charge in [0.25, 0.3) is 0 Å². The van der Waals surface area contributed by atoms with Crippen molar-refractivity contribution in [2.75, 3.05) is 23.3 Å². The second kappa shape index (κ2) is 8.41. The number of fused-ring (bicyclic) bond motifs is 1. The van der Waals surface area contributed by atoms with Gasteiger partial charge in [-0.25, -0.2) is 9.97 Å². The molecule has 6 heteroatoms. The Morgan fingerprint density at radius 1 is 1.28 bits per heavy atom. The van der Waals surface area contributed by atoms with E-state index in [1.807, 2.05) is 24.4 Å². The lowest BCUT2D eigenvalue weighted by Gasteiger charge is -2.41. The lowest BCUT2D eigenvalue weighted by atomic mass is 9.74. The van der Waals surface area contributed by atoms with Crippen molar-refractivity contribution in [1.82, 2.24) is 15.0 Å². The van der Waals surface area contributed by atoms with E-state index in [1.54, 1.807) is 6.33 Å². The second-order valence-electron chi connectivity index (χ2n) is 9.94. The number of H-pyrrole nitrogens is 1. The molecule has 1 fully saturated rings. The number of nitrogens with zero attached hydrogens (tertiary/aromatic N) is 3. The fraction of sp³-hybridized carbons (Fsp3) is 0.423. The summed E-state index contributed by atoms with van der Waals surface area (Å²) < 4.78 is 0. The van der Waals surface area contributed by atoms with Crippen LogP contribution in [0.2, 0.25) is 0 Å². The highest BCUT2D eigenvalue weighted by atomic mass is 16.2. The molecule has 0 unspecified atom stereocenters. The van der Waals surface area contributed by atoms with Crippen LogP contribution in [-0.2, 0) is 10.2 Å². The van der Waals surface area contributed by atoms with Crippen LogP contribution in [0.3, 0.4) is 0 Å². The van der Waals surface area contributed by atoms with Gasteiger partial charge in [-0.05, 0) is 54.9 Å². The lowest BCUT2D eigenvalue weighted by molar-refractivity contribution is -0.126. The summed E-state index contributed by atoms with van der Waals surface area (Å²) in [5.74, 6) is 1.02. The van der Waals surface area contributed by atoms with Gasteiger partial charge in [0, 0.05) is 25.0 Å². The zero-order chi connectivity index (χ0) is 22.9. The van der Waals surface area contributed by atoms with E-state index in [2.05, 4.69) is 71.6 Å². The molecule has 4 rings (SSSR count). The van der Waals surface area contributed by atoms with Crippen molar-refractivity contribution < 1.29 is 4.79 Å². The smallest absolute Gasteiger partial charge is 0.231 e. The first-order chi connectivity index (χ1) is 15.2. The van der Waals surface area contributed by atoms with Gasteiger partial charge in [0.2, 0.25) is 5.91 Å². The molecule has 1 aliphatic rings. The summed E-state index contributed by atoms with van der Waals surface area (Å²) in [6.07, 6.45) is 7.60. The molecule has 168 valence electrons. The quantitative estimate of drug-likeness (QED) is 0.533. The largest absolute Gasteiger partial charge is 0.356 e. The first-order valence-electron chi connectivity index (χ1n) is 11.3. The number of anilines is 2. The van der Waals surface area contributed by atoms with Crippen molar-refractivity contribution in [2.45, 2.75) is 52.4 Å². The Balaban J connectivity index is 1.53. The number of allylic oxidation sites excluding steroid dienone is 1. The number of hydrogen-bond acceptors (Lipinski definition) is 4. The predicted octanol–water partition coefficient (Wildman–Crippen LogP) is 5.37. The predicted molar refractivity (Wildman–Crippen MR) is 131 cm³/mol. The van der Waals surface area contributed by atoms with E-state index in [-0.39, 0.29) is 11.3 Å². The van der Waals surface area contributed by atoms with Crippen LogP contribution in [0.25, 0.3) is 11.0 Å². The first-order valence-corrected chi connectivity index (χ1v) is 11.3. The standard InChI is InChI=1S/C26H33N5O/c1-6-10-26(24(32)30-20-9-7-8-19(15-20)25(3,4)5)11-13-31(14-12-26)23-21-18(2)16-27-22(21)28-17-29-23/h6-9,15-17H,1,10-14H2,2-5H3,(H,30,32)(H,27,28,29). The number of nitrogens with one attached hydrogen (secondary N) is 2. The molecular formula is C26H33N5O. The molecular weight excluding hydrogens is 398 g/mol. The number of carbonyl (C=O) groups excluding carboxylic acids is 1. The van der Waals surface area contributed by atoms with Crippen molar-refractivity contribution in [1.29, 1.82) is 0 Å². The first kappa shape index (κ1) is 22.1. The molecule has 1 amide bonds. The maximum Gasteiger partial charge on any atom is 0.231 e. The van der Waals surface area contributed by atoms with E-state index in [4.69, 9.17) is 0 Å². The molecule has 0 aliphatic carbocycles. The Labute approximate surface area is 190 Å². The number of amides is 1. The number of aromatic amines is 1. The molecule has 1 saturated heterocycles. The van der Waals surface area contributed by atoms with Gasteiger partial charge in [-0.15, -0.1) is 6.58 Å². The zero-order valence-corrected chi connectivity index (χ0v) is 19.5. The highest BCUT2D eigenvalue weighted by Crippen LogP contribution is 2.39. The Morgan fingerprint density at radius 3 is 2.72 bits per heavy atom. The van der Waals surface area contributed by atoms with Crippen molar-refractivity contribution in [3.63, 3.8) is 0 Å². The topological polar surface area (TPSA) is 73.9 Å². The van der Waals surface area contributed by atoms with Crippen LogP contribution >= 0.6 is 0 Å². The molecule has 3 aromatic rings. The number of benzene rings is 1. The lowest BCUT2D eigenvalue weighted by Crippen LogP contribution is -2.46. The molecule has 32 heavy (non-hydrogen) atoms. The van der Waals surface area contributed by atoms with E-state index < -0.39 is 5.41 Å². The van der Waals surface area contributed by atoms with Crippen LogP contribution in [0.15, 0.2) is 49.4 Å². The number of carbonyl (C=O) groups is 1. The molecule has 6 nitrogen and oxygen atoms in total. The van der Waals surface area contributed by atoms with Crippen LogP contribution in [0.5, 0.6) is 0 Å². The van der Waals surface area contributed by atoms with Crippen molar-refractivity contribution >= 4 is 28.4 Å². The average Bonchev–Trinajstić information content (AvgIpc) is 3.15. The van der Waals surface area contributed by atoms with E-state index >= 15 is 0 Å². The Bertz CT molecular complexity index is 1130. The molecule has 3 heterocycles. The van der Waals surface area contributed by atoms with Crippen molar-refractivity contribution in [3.8, 4) is 0 Å². The minimum Gasteiger partial charge on any atom is -0.356 e. The van der Waals surface area contributed by atoms with Gasteiger partial charge in [0.05, 0.1) is 10.8 Å². The Hall–Kier alpha value is -3.15. The molecule has 0 spiro atoms. The fourth-order valence-corrected chi connectivity index (χ4v) is 4.61. The van der Waals surface area contributed by atoms with Crippen LogP contribution in [-0.4, -0.2) is 33.9 Å². The van der Waals surface area contributed by atoms with Gasteiger partial charge in [0.1, 0.15) is 17.8 Å². The molecule has 0 atom stereocenters. The van der Waals surface area contributed by atoms with Gasteiger partial charge in [0.15, 0.2) is 0 Å². The summed E-state index contributed by atoms with van der Waals surface area (Å²) in [6, 6.07) is 8.18. The van der Waals surface area contributed by atoms with Crippen LogP contribution in [0.1, 0.15) is 51.2 Å². The highest BCUT2D eigenvalue weighted by molar-refractivity contribution is 5.96. The van der Waals surface area contributed by atoms with E-state index in [9.17, 15) is 4.79 Å². The van der Waals surface area contributed by atoms with Crippen LogP contribution in [0.4, 0.5) is 11.5 Å². The number of piperidine rings is 1. The third-order valence-electron chi connectivity index (χ3n) is 6.67. The Morgan fingerprint density at radius 2 is 2.03 bits per heavy atom. The SMILES string of the molecule is C=CCC1(C(=O)Nc2cccc(C(C)(C)C)c2)CCN(c2ncnc3[nH]cc(C)c23)CC1. The Kier molecular flexibility index (Phi) is 5.80. The van der Waals surface area contributed by atoms with Gasteiger partial charge in [-0.3, -0.25) is 4.79 Å². The average molecular weight is 432 g/mol. The highest BCUT2D eigenvalue weighted by Gasteiger charge is 2.41. The van der Waals surface area contributed by atoms with E-state index in [0.29, 0.717) is 6.42 Å². The minimum absolute atomic E-state index is 0.0319. The van der Waals surface area contributed by atoms with Gasteiger partial charge in [-0.2, -0.15) is 0 Å². The summed E-state index contributed by atoms with van der Waals surface area (Å²) in [5, 5.41) is 4.27. The van der Waals surface area contributed by atoms with E-state index in [1.165, 1.54) is 5.56 Å². The summed E-state index contributed by atoms with van der Waals surface area (Å²) in [4.78, 5) is 27.9. The number of hydrogen-bond donors (Lipinski definition) is 2. The summed E-state index contributed by atoms with van der Waals surface area (Å²) in [5.41, 5.74) is 3.62. The molecule has 1 aliphatic heterocycles. The van der Waals surface area contributed by atoms with Crippen LogP contribution in [0, 0.1) is 12.3 Å². The van der Waals surface area contributed by atoms with Gasteiger partial charge >= 0.3 is 0 Å². The molecule has 2 N–H and O–H groups in total. The molecule has 0 radical (unpaired) electrons.